The molecular weight excluding hydrogens is 358 g/mol. The number of benzene rings is 1. The predicted octanol–water partition coefficient (Wildman–Crippen LogP) is 4.99. The Hall–Kier alpha value is -1.44. The molecule has 1 aromatic carbocycles. The van der Waals surface area contributed by atoms with Gasteiger partial charge in [0.15, 0.2) is 0 Å². The van der Waals surface area contributed by atoms with Crippen molar-refractivity contribution >= 4 is 18.2 Å². The van der Waals surface area contributed by atoms with E-state index in [1.165, 1.54) is 6.07 Å². The van der Waals surface area contributed by atoms with Crippen molar-refractivity contribution in [3.63, 3.8) is 0 Å². The van der Waals surface area contributed by atoms with E-state index in [2.05, 4.69) is 4.99 Å². The van der Waals surface area contributed by atoms with Gasteiger partial charge in [0.1, 0.15) is 0 Å². The van der Waals surface area contributed by atoms with Gasteiger partial charge in [-0.15, -0.1) is 12.4 Å². The van der Waals surface area contributed by atoms with Crippen LogP contribution in [0.2, 0.25) is 0 Å². The van der Waals surface area contributed by atoms with Crippen LogP contribution < -0.4 is 5.32 Å². The molecule has 1 aromatic rings. The summed E-state index contributed by atoms with van der Waals surface area (Å²) < 4.78 is 81.5. The van der Waals surface area contributed by atoms with Crippen molar-refractivity contribution in [2.24, 2.45) is 4.99 Å². The van der Waals surface area contributed by atoms with E-state index in [1.54, 1.807) is 5.32 Å². The van der Waals surface area contributed by atoms with Crippen molar-refractivity contribution < 1.29 is 26.3 Å². The van der Waals surface area contributed by atoms with Crippen molar-refractivity contribution in [3.05, 3.63) is 35.9 Å². The molecule has 1 aliphatic heterocycles. The van der Waals surface area contributed by atoms with E-state index >= 15 is 0 Å². The van der Waals surface area contributed by atoms with Crippen molar-refractivity contribution in [2.45, 2.75) is 43.6 Å². The minimum Gasteiger partial charge on any atom is -0.349 e. The molecule has 0 aromatic heterocycles. The maximum Gasteiger partial charge on any atom is 0.424 e. The summed E-state index contributed by atoms with van der Waals surface area (Å²) in [7, 11) is 0. The van der Waals surface area contributed by atoms with Crippen LogP contribution in [-0.2, 0) is 5.54 Å². The van der Waals surface area contributed by atoms with E-state index in [9.17, 15) is 26.3 Å². The largest absolute Gasteiger partial charge is 0.424 e. The third-order valence-corrected chi connectivity index (χ3v) is 3.76. The van der Waals surface area contributed by atoms with Crippen LogP contribution >= 0.6 is 12.4 Å². The molecule has 0 spiro atoms. The summed E-state index contributed by atoms with van der Waals surface area (Å²) in [4.78, 5) is 3.87. The van der Waals surface area contributed by atoms with Gasteiger partial charge < -0.3 is 5.32 Å². The topological polar surface area (TPSA) is 24.4 Å². The maximum atomic E-state index is 13.6. The zero-order valence-electron chi connectivity index (χ0n) is 12.5. The second kappa shape index (κ2) is 7.63. The standard InChI is InChI=1S/C15H16F6N2.ClH/c16-14(17,18)13(15(19,20)21,11-7-3-1-4-8-11)23-12-9-5-2-6-10-22-12;/h1,3-4,7-8H,2,5-6,9-10H2,(H,22,23);1H. The van der Waals surface area contributed by atoms with Crippen LogP contribution in [0.4, 0.5) is 26.3 Å². The van der Waals surface area contributed by atoms with E-state index < -0.39 is 23.5 Å². The zero-order chi connectivity index (χ0) is 17.1. The summed E-state index contributed by atoms with van der Waals surface area (Å²) >= 11 is 0. The molecule has 1 heterocycles. The number of aliphatic imine (C=N–C) groups is 1. The lowest BCUT2D eigenvalue weighted by atomic mass is 9.87. The first kappa shape index (κ1) is 20.6. The predicted molar refractivity (Wildman–Crippen MR) is 81.4 cm³/mol. The molecule has 136 valence electrons. The summed E-state index contributed by atoms with van der Waals surface area (Å²) in [6, 6.07) is 5.32. The molecule has 0 saturated carbocycles. The molecule has 0 saturated heterocycles. The summed E-state index contributed by atoms with van der Waals surface area (Å²) in [5, 5.41) is 1.71. The number of rotatable bonds is 2. The number of hydrogen-bond acceptors (Lipinski definition) is 2. The van der Waals surface area contributed by atoms with Crippen molar-refractivity contribution in [1.82, 2.24) is 5.32 Å². The molecule has 0 unspecified atom stereocenters. The average molecular weight is 375 g/mol. The summed E-state index contributed by atoms with van der Waals surface area (Å²) in [6.07, 6.45) is -9.18. The smallest absolute Gasteiger partial charge is 0.349 e. The highest BCUT2D eigenvalue weighted by molar-refractivity contribution is 5.85. The van der Waals surface area contributed by atoms with E-state index in [0.29, 0.717) is 12.8 Å². The fraction of sp³-hybridized carbons (Fsp3) is 0.533. The van der Waals surface area contributed by atoms with E-state index in [0.717, 1.165) is 30.7 Å². The van der Waals surface area contributed by atoms with Crippen LogP contribution in [-0.4, -0.2) is 24.7 Å². The van der Waals surface area contributed by atoms with Gasteiger partial charge in [-0.25, -0.2) is 0 Å². The summed E-state index contributed by atoms with van der Waals surface area (Å²) in [5.41, 5.74) is -5.06. The highest BCUT2D eigenvalue weighted by Gasteiger charge is 2.72. The molecule has 1 aliphatic rings. The molecule has 0 atom stereocenters. The molecule has 2 rings (SSSR count). The van der Waals surface area contributed by atoms with Gasteiger partial charge >= 0.3 is 12.4 Å². The second-order valence-electron chi connectivity index (χ2n) is 5.38. The Morgan fingerprint density at radius 3 is 1.96 bits per heavy atom. The van der Waals surface area contributed by atoms with E-state index in [1.807, 2.05) is 0 Å². The van der Waals surface area contributed by atoms with Crippen LogP contribution in [0.3, 0.4) is 0 Å². The van der Waals surface area contributed by atoms with Gasteiger partial charge in [0.05, 0.1) is 5.84 Å². The summed E-state index contributed by atoms with van der Waals surface area (Å²) in [5.74, 6) is -0.249. The number of nitrogens with zero attached hydrogens (tertiary/aromatic N) is 1. The fourth-order valence-corrected chi connectivity index (χ4v) is 2.58. The Morgan fingerprint density at radius 1 is 0.833 bits per heavy atom. The monoisotopic (exact) mass is 374 g/mol. The van der Waals surface area contributed by atoms with E-state index in [4.69, 9.17) is 0 Å². The first-order chi connectivity index (χ1) is 10.7. The Kier molecular flexibility index (Phi) is 6.55. The second-order valence-corrected chi connectivity index (χ2v) is 5.38. The van der Waals surface area contributed by atoms with Crippen molar-refractivity contribution in [2.75, 3.05) is 6.54 Å². The first-order valence-electron chi connectivity index (χ1n) is 7.19. The molecule has 0 radical (unpaired) electrons. The Bertz CT molecular complexity index is 539. The van der Waals surface area contributed by atoms with Crippen molar-refractivity contribution in [1.29, 1.82) is 0 Å². The highest BCUT2D eigenvalue weighted by atomic mass is 35.5. The number of amidine groups is 1. The Labute approximate surface area is 141 Å². The van der Waals surface area contributed by atoms with Gasteiger partial charge in [-0.2, -0.15) is 26.3 Å². The van der Waals surface area contributed by atoms with Crippen LogP contribution in [0.1, 0.15) is 31.2 Å². The molecular formula is C15H17ClF6N2. The third kappa shape index (κ3) is 3.96. The number of nitrogens with one attached hydrogen (secondary N) is 1. The molecule has 0 amide bonds. The highest BCUT2D eigenvalue weighted by Crippen LogP contribution is 2.50. The van der Waals surface area contributed by atoms with Crippen LogP contribution in [0, 0.1) is 0 Å². The molecule has 9 heteroatoms. The van der Waals surface area contributed by atoms with Crippen LogP contribution in [0.25, 0.3) is 0 Å². The van der Waals surface area contributed by atoms with Gasteiger partial charge in [0, 0.05) is 13.0 Å². The maximum absolute atomic E-state index is 13.6. The number of alkyl halides is 6. The molecule has 0 bridgehead atoms. The van der Waals surface area contributed by atoms with Gasteiger partial charge in [-0.1, -0.05) is 36.8 Å². The quantitative estimate of drug-likeness (QED) is 0.724. The molecule has 1 N–H and O–H groups in total. The minimum absolute atomic E-state index is 0. The lowest BCUT2D eigenvalue weighted by molar-refractivity contribution is -0.309. The summed E-state index contributed by atoms with van der Waals surface area (Å²) in [6.45, 7) is 0.225. The Morgan fingerprint density at radius 2 is 1.42 bits per heavy atom. The molecule has 2 nitrogen and oxygen atoms in total. The minimum atomic E-state index is -5.57. The van der Waals surface area contributed by atoms with Crippen LogP contribution in [0.5, 0.6) is 0 Å². The fourth-order valence-electron chi connectivity index (χ4n) is 2.58. The third-order valence-electron chi connectivity index (χ3n) is 3.76. The van der Waals surface area contributed by atoms with Gasteiger partial charge in [-0.3, -0.25) is 4.99 Å². The van der Waals surface area contributed by atoms with Crippen LogP contribution in [0.15, 0.2) is 35.3 Å². The van der Waals surface area contributed by atoms with Gasteiger partial charge in [0.25, 0.3) is 5.54 Å². The normalized spacial score (nSPS) is 16.7. The zero-order valence-corrected chi connectivity index (χ0v) is 13.4. The first-order valence-corrected chi connectivity index (χ1v) is 7.19. The SMILES string of the molecule is Cl.FC(F)(F)C(NC1=NCCCCC1)(c1ccccc1)C(F)(F)F. The average Bonchev–Trinajstić information content (AvgIpc) is 2.71. The van der Waals surface area contributed by atoms with Gasteiger partial charge in [0.2, 0.25) is 0 Å². The molecule has 24 heavy (non-hydrogen) atoms. The van der Waals surface area contributed by atoms with Gasteiger partial charge in [-0.05, 0) is 18.4 Å². The molecule has 0 fully saturated rings. The van der Waals surface area contributed by atoms with Crippen molar-refractivity contribution in [3.8, 4) is 0 Å². The molecule has 0 aliphatic carbocycles. The lowest BCUT2D eigenvalue weighted by Crippen LogP contribution is -2.64. The number of hydrogen-bond donors (Lipinski definition) is 1. The number of halogens is 7. The van der Waals surface area contributed by atoms with E-state index in [-0.39, 0.29) is 31.2 Å². The Balaban J connectivity index is 0.00000288. The lowest BCUT2D eigenvalue weighted by Gasteiger charge is -2.39.